The molecule has 2 N–H and O–H groups in total. The number of benzene rings is 4. The van der Waals surface area contributed by atoms with Crippen LogP contribution in [-0.4, -0.2) is 56.5 Å². The van der Waals surface area contributed by atoms with E-state index < -0.39 is 12.1 Å². The average Bonchev–Trinajstić information content (AvgIpc) is 4.22. The topological polar surface area (TPSA) is 125 Å². The molecule has 0 radical (unpaired) electrons. The van der Waals surface area contributed by atoms with Crippen LogP contribution in [0.1, 0.15) is 80.6 Å². The van der Waals surface area contributed by atoms with E-state index >= 15 is 0 Å². The fourth-order valence-electron chi connectivity index (χ4n) is 7.54. The molecule has 0 saturated heterocycles. The monoisotopic (exact) mass is 948 g/mol. The molecule has 4 heterocycles. The third-order valence-electron chi connectivity index (χ3n) is 10.9. The minimum atomic E-state index is -0.831. The van der Waals surface area contributed by atoms with Crippen LogP contribution >= 0.6 is 45.3 Å². The Morgan fingerprint density at radius 2 is 0.894 bits per heavy atom. The number of thiophene rings is 2. The maximum absolute atomic E-state index is 14.2. The quantitative estimate of drug-likeness (QED) is 0.0832. The lowest BCUT2D eigenvalue weighted by molar-refractivity contribution is -0.134. The molecule has 10 nitrogen and oxygen atoms in total. The van der Waals surface area contributed by atoms with Crippen LogP contribution in [0.2, 0.25) is 0 Å². The van der Waals surface area contributed by atoms with Gasteiger partial charge in [0.2, 0.25) is 11.8 Å². The van der Waals surface area contributed by atoms with Crippen LogP contribution in [0.3, 0.4) is 0 Å². The van der Waals surface area contributed by atoms with Gasteiger partial charge in [-0.15, -0.1) is 22.7 Å². The first-order chi connectivity index (χ1) is 32.3. The Bertz CT molecular complexity index is 2630. The number of hydrogen-bond acceptors (Lipinski definition) is 10. The van der Waals surface area contributed by atoms with Gasteiger partial charge >= 0.3 is 0 Å². The van der Waals surface area contributed by atoms with Crippen molar-refractivity contribution in [1.82, 2.24) is 30.4 Å². The normalized spacial score (nSPS) is 12.0. The van der Waals surface area contributed by atoms with Crippen LogP contribution in [-0.2, 0) is 22.7 Å². The molecule has 0 fully saturated rings. The largest absolute Gasteiger partial charge is 0.336 e. The van der Waals surface area contributed by atoms with Gasteiger partial charge in [-0.05, 0) is 69.1 Å². The Hall–Kier alpha value is -6.58. The van der Waals surface area contributed by atoms with Crippen LogP contribution in [0, 0.1) is 0 Å². The first kappa shape index (κ1) is 46.0. The minimum Gasteiger partial charge on any atom is -0.336 e. The summed E-state index contributed by atoms with van der Waals surface area (Å²) in [4.78, 5) is 69.6. The van der Waals surface area contributed by atoms with Gasteiger partial charge in [0.05, 0.1) is 34.0 Å². The molecule has 0 aliphatic heterocycles. The fraction of sp³-hybridized carbons (Fsp3) is 0.192. The van der Waals surface area contributed by atoms with E-state index in [1.165, 1.54) is 22.7 Å². The predicted molar refractivity (Wildman–Crippen MR) is 267 cm³/mol. The number of hydrogen-bond donors (Lipinski definition) is 2. The molecule has 0 bridgehead atoms. The first-order valence-electron chi connectivity index (χ1n) is 21.7. The molecule has 14 heteroatoms. The number of nitrogens with one attached hydrogen (secondary N) is 2. The SMILES string of the molecule is CCCN(Cc1ncc(-c2ccc(-c3ccc(-c4cnc(CN(CCC)C(=O)C(NC(=O)c5ccsc5)c5ccccc5)s4)cc3)cc2)s1)C(=O)C(NC(=O)c1ccsc1)c1ccccc1. The van der Waals surface area contributed by atoms with Gasteiger partial charge in [-0.1, -0.05) is 123 Å². The summed E-state index contributed by atoms with van der Waals surface area (Å²) in [5.74, 6) is -0.918. The molecule has 4 aromatic heterocycles. The second-order valence-electron chi connectivity index (χ2n) is 15.6. The van der Waals surface area contributed by atoms with Crippen LogP contribution < -0.4 is 10.6 Å². The molecule has 0 aliphatic rings. The van der Waals surface area contributed by atoms with Crippen molar-refractivity contribution in [3.63, 3.8) is 0 Å². The van der Waals surface area contributed by atoms with Gasteiger partial charge in [-0.3, -0.25) is 19.2 Å². The Balaban J connectivity index is 0.911. The molecule has 4 amide bonds. The minimum absolute atomic E-state index is 0.175. The Kier molecular flexibility index (Phi) is 15.4. The maximum atomic E-state index is 14.2. The van der Waals surface area contributed by atoms with Gasteiger partial charge in [-0.25, -0.2) is 9.97 Å². The van der Waals surface area contributed by atoms with E-state index in [2.05, 4.69) is 59.2 Å². The van der Waals surface area contributed by atoms with E-state index in [9.17, 15) is 19.2 Å². The molecule has 8 rings (SSSR count). The molecule has 0 saturated carbocycles. The molecular formula is C52H48N6O4S4. The molecule has 8 aromatic rings. The van der Waals surface area contributed by atoms with Gasteiger partial charge in [0.15, 0.2) is 0 Å². The van der Waals surface area contributed by atoms with Crippen LogP contribution in [0.4, 0.5) is 0 Å². The number of thiazole rings is 2. The molecule has 334 valence electrons. The highest BCUT2D eigenvalue weighted by Gasteiger charge is 2.30. The Morgan fingerprint density at radius 3 is 1.24 bits per heavy atom. The summed E-state index contributed by atoms with van der Waals surface area (Å²) < 4.78 is 0. The zero-order valence-corrected chi connectivity index (χ0v) is 39.7. The number of nitrogens with zero attached hydrogens (tertiary/aromatic N) is 4. The van der Waals surface area contributed by atoms with Crippen molar-refractivity contribution < 1.29 is 19.2 Å². The van der Waals surface area contributed by atoms with Crippen molar-refractivity contribution in [1.29, 1.82) is 0 Å². The van der Waals surface area contributed by atoms with Gasteiger partial charge in [0, 0.05) is 36.2 Å². The lowest BCUT2D eigenvalue weighted by Gasteiger charge is -2.27. The molecule has 4 aromatic carbocycles. The van der Waals surface area contributed by atoms with Gasteiger partial charge in [0.25, 0.3) is 11.8 Å². The highest BCUT2D eigenvalue weighted by Crippen LogP contribution is 2.33. The molecule has 0 spiro atoms. The summed E-state index contributed by atoms with van der Waals surface area (Å²) in [7, 11) is 0. The van der Waals surface area contributed by atoms with Crippen molar-refractivity contribution in [3.8, 4) is 32.0 Å². The van der Waals surface area contributed by atoms with Crippen molar-refractivity contribution in [3.05, 3.63) is 188 Å². The number of rotatable bonds is 19. The van der Waals surface area contributed by atoms with E-state index in [0.29, 0.717) is 37.3 Å². The third-order valence-corrected chi connectivity index (χ3v) is 14.3. The fourth-order valence-corrected chi connectivity index (χ4v) is 10.7. The van der Waals surface area contributed by atoms with Crippen molar-refractivity contribution in [2.24, 2.45) is 0 Å². The lowest BCUT2D eigenvalue weighted by Crippen LogP contribution is -2.43. The van der Waals surface area contributed by atoms with E-state index in [4.69, 9.17) is 9.97 Å². The third kappa shape index (κ3) is 11.3. The van der Waals surface area contributed by atoms with Gasteiger partial charge in [0.1, 0.15) is 22.1 Å². The van der Waals surface area contributed by atoms with E-state index in [-0.39, 0.29) is 23.6 Å². The number of amides is 4. The molecule has 2 unspecified atom stereocenters. The smallest absolute Gasteiger partial charge is 0.253 e. The first-order valence-corrected chi connectivity index (χ1v) is 25.2. The van der Waals surface area contributed by atoms with Crippen LogP contribution in [0.15, 0.2) is 155 Å². The van der Waals surface area contributed by atoms with E-state index in [0.717, 1.165) is 66.0 Å². The molecule has 66 heavy (non-hydrogen) atoms. The summed E-state index contributed by atoms with van der Waals surface area (Å²) in [5, 5.41) is 14.8. The molecule has 2 atom stereocenters. The van der Waals surface area contributed by atoms with Gasteiger partial charge < -0.3 is 20.4 Å². The summed E-state index contributed by atoms with van der Waals surface area (Å²) in [6.07, 6.45) is 5.23. The van der Waals surface area contributed by atoms with E-state index in [1.807, 2.05) is 97.7 Å². The zero-order valence-electron chi connectivity index (χ0n) is 36.5. The summed E-state index contributed by atoms with van der Waals surface area (Å²) >= 11 is 5.99. The Labute approximate surface area is 400 Å². The second-order valence-corrected chi connectivity index (χ2v) is 19.4. The second kappa shape index (κ2) is 22.1. The average molecular weight is 949 g/mol. The standard InChI is InChI=1S/C52H48N6O4S4/c1-3-25-57(51(61)47(39-11-7-5-8-12-39)55-49(59)41-23-27-63-33-41)31-45-53-29-43(65-45)37-19-15-35(16-20-37)36-17-21-38(22-18-36)44-30-54-46(66-44)32-58(26-4-2)52(62)48(40-13-9-6-10-14-40)56-50(60)42-24-28-64-34-42/h5-24,27-30,33-34,47-48H,3-4,25-26,31-32H2,1-2H3,(H,55,59)(H,56,60). The Morgan fingerprint density at radius 1 is 0.515 bits per heavy atom. The van der Waals surface area contributed by atoms with Crippen LogP contribution in [0.25, 0.3) is 32.0 Å². The summed E-state index contributed by atoms with van der Waals surface area (Å²) in [6.45, 7) is 5.79. The zero-order chi connectivity index (χ0) is 45.8. The summed E-state index contributed by atoms with van der Waals surface area (Å²) in [6, 6.07) is 37.4. The number of carbonyl (C=O) groups excluding carboxylic acids is 4. The maximum Gasteiger partial charge on any atom is 0.253 e. The number of aromatic nitrogens is 2. The van der Waals surface area contributed by atoms with E-state index in [1.54, 1.807) is 55.4 Å². The van der Waals surface area contributed by atoms with Crippen LogP contribution in [0.5, 0.6) is 0 Å². The lowest BCUT2D eigenvalue weighted by atomic mass is 10.0. The van der Waals surface area contributed by atoms with Crippen molar-refractivity contribution in [2.75, 3.05) is 13.1 Å². The predicted octanol–water partition coefficient (Wildman–Crippen LogP) is 11.5. The summed E-state index contributed by atoms with van der Waals surface area (Å²) in [5.41, 5.74) is 6.73. The number of carbonyl (C=O) groups is 4. The highest BCUT2D eigenvalue weighted by atomic mass is 32.1. The molecular weight excluding hydrogens is 901 g/mol. The van der Waals surface area contributed by atoms with Crippen molar-refractivity contribution >= 4 is 69.0 Å². The van der Waals surface area contributed by atoms with Gasteiger partial charge in [-0.2, -0.15) is 22.7 Å². The highest BCUT2D eigenvalue weighted by molar-refractivity contribution is 7.15. The van der Waals surface area contributed by atoms with Crippen molar-refractivity contribution in [2.45, 2.75) is 51.9 Å². The molecule has 0 aliphatic carbocycles.